The van der Waals surface area contributed by atoms with Crippen LogP contribution in [-0.4, -0.2) is 74.3 Å². The van der Waals surface area contributed by atoms with Crippen molar-refractivity contribution in [2.75, 3.05) is 39.0 Å². The zero-order valence-electron chi connectivity index (χ0n) is 14.6. The van der Waals surface area contributed by atoms with Crippen LogP contribution in [0.3, 0.4) is 0 Å². The van der Waals surface area contributed by atoms with E-state index in [1.807, 2.05) is 35.2 Å². The Hall–Kier alpha value is -1.93. The third-order valence-corrected chi connectivity index (χ3v) is 5.86. The molecule has 1 N–H and O–H groups in total. The number of nitrogens with one attached hydrogen (secondary N) is 1. The number of hydrogen-bond donors (Lipinski definition) is 1. The van der Waals surface area contributed by atoms with Gasteiger partial charge in [-0.15, -0.1) is 0 Å². The number of sulfone groups is 1. The highest BCUT2D eigenvalue weighted by Crippen LogP contribution is 2.08. The first kappa shape index (κ1) is 19.4. The summed E-state index contributed by atoms with van der Waals surface area (Å²) >= 11 is 0. The summed E-state index contributed by atoms with van der Waals surface area (Å²) in [5, 5.41) is 1.86. The molecule has 1 aliphatic heterocycles. The van der Waals surface area contributed by atoms with Crippen LogP contribution in [0, 0.1) is 0 Å². The van der Waals surface area contributed by atoms with Crippen LogP contribution in [0.2, 0.25) is 0 Å². The van der Waals surface area contributed by atoms with Crippen LogP contribution in [0.15, 0.2) is 30.3 Å². The lowest BCUT2D eigenvalue weighted by atomic mass is 10.2. The molecule has 1 atom stereocenters. The van der Waals surface area contributed by atoms with E-state index < -0.39 is 15.1 Å². The first-order valence-corrected chi connectivity index (χ1v) is 10.2. The second-order valence-corrected chi connectivity index (χ2v) is 8.70. The van der Waals surface area contributed by atoms with Gasteiger partial charge < -0.3 is 10.2 Å². The van der Waals surface area contributed by atoms with Crippen LogP contribution in [0.5, 0.6) is 0 Å². The number of rotatable bonds is 6. The molecule has 0 radical (unpaired) electrons. The van der Waals surface area contributed by atoms with E-state index in [1.165, 1.54) is 6.92 Å². The van der Waals surface area contributed by atoms with E-state index >= 15 is 0 Å². The summed E-state index contributed by atoms with van der Waals surface area (Å²) in [4.78, 5) is 27.7. The highest BCUT2D eigenvalue weighted by molar-refractivity contribution is 7.92. The average molecular weight is 367 g/mol. The van der Waals surface area contributed by atoms with Crippen molar-refractivity contribution in [3.8, 4) is 0 Å². The minimum Gasteiger partial charge on any atom is -0.351 e. The van der Waals surface area contributed by atoms with Gasteiger partial charge in [0.1, 0.15) is 5.25 Å². The lowest BCUT2D eigenvalue weighted by Gasteiger charge is -2.35. The number of nitrogens with zero attached hydrogens (tertiary/aromatic N) is 2. The zero-order valence-corrected chi connectivity index (χ0v) is 15.5. The van der Waals surface area contributed by atoms with Gasteiger partial charge in [0.25, 0.3) is 0 Å². The van der Waals surface area contributed by atoms with Crippen molar-refractivity contribution in [2.24, 2.45) is 0 Å². The maximum Gasteiger partial charge on any atom is 0.240 e. The van der Waals surface area contributed by atoms with Crippen molar-refractivity contribution in [1.82, 2.24) is 15.1 Å². The highest BCUT2D eigenvalue weighted by Gasteiger charge is 2.30. The smallest absolute Gasteiger partial charge is 0.240 e. The highest BCUT2D eigenvalue weighted by atomic mass is 32.2. The lowest BCUT2D eigenvalue weighted by Crippen LogP contribution is -2.53. The molecule has 0 spiro atoms. The molecule has 25 heavy (non-hydrogen) atoms. The van der Waals surface area contributed by atoms with Gasteiger partial charge in [0.05, 0.1) is 6.54 Å². The van der Waals surface area contributed by atoms with E-state index in [1.54, 1.807) is 4.90 Å². The largest absolute Gasteiger partial charge is 0.351 e. The maximum absolute atomic E-state index is 12.2. The predicted octanol–water partition coefficient (Wildman–Crippen LogP) is -0.120. The molecule has 1 unspecified atom stereocenters. The second-order valence-electron chi connectivity index (χ2n) is 6.34. The van der Waals surface area contributed by atoms with E-state index in [4.69, 9.17) is 0 Å². The van der Waals surface area contributed by atoms with Crippen molar-refractivity contribution in [3.05, 3.63) is 35.9 Å². The number of benzene rings is 1. The fraction of sp³-hybridized carbons (Fsp3) is 0.529. The van der Waals surface area contributed by atoms with E-state index in [9.17, 15) is 18.0 Å². The predicted molar refractivity (Wildman–Crippen MR) is 95.6 cm³/mol. The standard InChI is InChI=1S/C17H25N3O4S/c1-14(25(2,23)24)17(22)20-10-8-19(9-11-20)13-16(21)18-12-15-6-4-3-5-7-15/h3-7,14H,8-13H2,1-2H3,(H,18,21). The maximum atomic E-state index is 12.2. The quantitative estimate of drug-likeness (QED) is 0.758. The molecule has 0 bridgehead atoms. The summed E-state index contributed by atoms with van der Waals surface area (Å²) in [7, 11) is -3.39. The van der Waals surface area contributed by atoms with Crippen molar-refractivity contribution >= 4 is 21.7 Å². The van der Waals surface area contributed by atoms with E-state index in [2.05, 4.69) is 5.32 Å². The molecular formula is C17H25N3O4S. The van der Waals surface area contributed by atoms with Gasteiger partial charge in [0, 0.05) is 39.0 Å². The summed E-state index contributed by atoms with van der Waals surface area (Å²) in [6, 6.07) is 9.68. The van der Waals surface area contributed by atoms with Crippen LogP contribution < -0.4 is 5.32 Å². The monoisotopic (exact) mass is 367 g/mol. The van der Waals surface area contributed by atoms with Crippen LogP contribution in [0.25, 0.3) is 0 Å². The molecule has 1 aromatic carbocycles. The molecule has 2 amide bonds. The summed E-state index contributed by atoms with van der Waals surface area (Å²) in [5.74, 6) is -0.427. The van der Waals surface area contributed by atoms with Crippen LogP contribution >= 0.6 is 0 Å². The van der Waals surface area contributed by atoms with Gasteiger partial charge in [-0.25, -0.2) is 8.42 Å². The number of amides is 2. The molecule has 0 saturated carbocycles. The fourth-order valence-corrected chi connectivity index (χ4v) is 3.14. The molecule has 0 aliphatic carbocycles. The number of hydrogen-bond acceptors (Lipinski definition) is 5. The Bertz CT molecular complexity index is 698. The lowest BCUT2D eigenvalue weighted by molar-refractivity contribution is -0.132. The first-order valence-electron chi connectivity index (χ1n) is 8.28. The molecule has 0 aromatic heterocycles. The number of carbonyl (C=O) groups excluding carboxylic acids is 2. The number of piperazine rings is 1. The van der Waals surface area contributed by atoms with Gasteiger partial charge in [-0.1, -0.05) is 30.3 Å². The van der Waals surface area contributed by atoms with Gasteiger partial charge in [-0.3, -0.25) is 14.5 Å². The Balaban J connectivity index is 1.74. The molecule has 7 nitrogen and oxygen atoms in total. The summed E-state index contributed by atoms with van der Waals surface area (Å²) in [6.07, 6.45) is 1.07. The first-order chi connectivity index (χ1) is 11.8. The topological polar surface area (TPSA) is 86.8 Å². The Labute approximate surface area is 148 Å². The molecule has 1 saturated heterocycles. The Morgan fingerprint density at radius 2 is 1.72 bits per heavy atom. The molecule has 1 aromatic rings. The Kier molecular flexibility index (Phi) is 6.55. The second kappa shape index (κ2) is 8.44. The molecular weight excluding hydrogens is 342 g/mol. The van der Waals surface area contributed by atoms with E-state index in [0.717, 1.165) is 11.8 Å². The van der Waals surface area contributed by atoms with Gasteiger partial charge in [-0.05, 0) is 12.5 Å². The summed E-state index contributed by atoms with van der Waals surface area (Å²) in [5.41, 5.74) is 1.04. The molecule has 138 valence electrons. The Morgan fingerprint density at radius 3 is 2.28 bits per heavy atom. The van der Waals surface area contributed by atoms with Gasteiger partial charge in [-0.2, -0.15) is 0 Å². The normalized spacial score (nSPS) is 17.1. The minimum absolute atomic E-state index is 0.0619. The van der Waals surface area contributed by atoms with E-state index in [0.29, 0.717) is 32.7 Å². The molecule has 1 fully saturated rings. The van der Waals surface area contributed by atoms with Crippen molar-refractivity contribution in [2.45, 2.75) is 18.7 Å². The molecule has 2 rings (SSSR count). The van der Waals surface area contributed by atoms with Crippen LogP contribution in [0.4, 0.5) is 0 Å². The third kappa shape index (κ3) is 5.82. The van der Waals surface area contributed by atoms with Crippen LogP contribution in [-0.2, 0) is 26.0 Å². The molecule has 1 aliphatic rings. The zero-order chi connectivity index (χ0) is 18.4. The summed E-state index contributed by atoms with van der Waals surface area (Å²) < 4.78 is 23.0. The van der Waals surface area contributed by atoms with Crippen molar-refractivity contribution < 1.29 is 18.0 Å². The van der Waals surface area contributed by atoms with Crippen LogP contribution in [0.1, 0.15) is 12.5 Å². The fourth-order valence-electron chi connectivity index (χ4n) is 2.62. The van der Waals surface area contributed by atoms with Gasteiger partial charge >= 0.3 is 0 Å². The SMILES string of the molecule is CC(C(=O)N1CCN(CC(=O)NCc2ccccc2)CC1)S(C)(=O)=O. The molecule has 8 heteroatoms. The van der Waals surface area contributed by atoms with Gasteiger partial charge in [0.15, 0.2) is 9.84 Å². The van der Waals surface area contributed by atoms with Gasteiger partial charge in [0.2, 0.25) is 11.8 Å². The minimum atomic E-state index is -3.39. The molecule has 1 heterocycles. The average Bonchev–Trinajstić information content (AvgIpc) is 2.59. The van der Waals surface area contributed by atoms with E-state index in [-0.39, 0.29) is 18.4 Å². The summed E-state index contributed by atoms with van der Waals surface area (Å²) in [6.45, 7) is 4.17. The Morgan fingerprint density at radius 1 is 1.12 bits per heavy atom. The number of carbonyl (C=O) groups is 2. The van der Waals surface area contributed by atoms with Crippen molar-refractivity contribution in [1.29, 1.82) is 0 Å². The third-order valence-electron chi connectivity index (χ3n) is 4.37. The van der Waals surface area contributed by atoms with Crippen molar-refractivity contribution in [3.63, 3.8) is 0 Å².